The number of nitrogens with one attached hydrogen (secondary N) is 2. The first-order valence-electron chi connectivity index (χ1n) is 6.62. The molecule has 0 spiro atoms. The molecular weight excluding hydrogens is 424 g/mol. The first kappa shape index (κ1) is 16.9. The third kappa shape index (κ3) is 5.36. The number of sulfonamides is 1. The standard InChI is InChI=1S/C13H16Br2N2O3S/c14-9-3-6-11(15)12(8-9)21(19,20)16-7-1-2-13(18)17-10-4-5-10/h3,6,8,10,16H,1-2,4-5,7H2,(H,17,18). The van der Waals surface area contributed by atoms with Crippen LogP contribution in [0.1, 0.15) is 25.7 Å². The summed E-state index contributed by atoms with van der Waals surface area (Å²) in [6.07, 6.45) is 2.91. The molecule has 0 aliphatic heterocycles. The van der Waals surface area contributed by atoms with Crippen molar-refractivity contribution in [2.24, 2.45) is 0 Å². The number of carbonyl (C=O) groups is 1. The molecule has 1 aromatic carbocycles. The minimum Gasteiger partial charge on any atom is -0.353 e. The van der Waals surface area contributed by atoms with Crippen LogP contribution in [-0.2, 0) is 14.8 Å². The highest BCUT2D eigenvalue weighted by Gasteiger charge is 2.23. The number of carbonyl (C=O) groups excluding carboxylic acids is 1. The van der Waals surface area contributed by atoms with Gasteiger partial charge < -0.3 is 5.32 Å². The minimum atomic E-state index is -3.58. The third-order valence-corrected chi connectivity index (χ3v) is 5.95. The summed E-state index contributed by atoms with van der Waals surface area (Å²) >= 11 is 6.48. The number of hydrogen-bond acceptors (Lipinski definition) is 3. The fourth-order valence-electron chi connectivity index (χ4n) is 1.74. The molecule has 5 nitrogen and oxygen atoms in total. The minimum absolute atomic E-state index is 0.0136. The Labute approximate surface area is 141 Å². The predicted octanol–water partition coefficient (Wildman–Crippen LogP) is 2.55. The Morgan fingerprint density at radius 2 is 2.00 bits per heavy atom. The number of halogens is 2. The number of benzene rings is 1. The van der Waals surface area contributed by atoms with Crippen LogP contribution in [0.5, 0.6) is 0 Å². The normalized spacial score (nSPS) is 15.0. The molecule has 1 saturated carbocycles. The lowest BCUT2D eigenvalue weighted by Crippen LogP contribution is -2.28. The van der Waals surface area contributed by atoms with Gasteiger partial charge in [0.25, 0.3) is 0 Å². The summed E-state index contributed by atoms with van der Waals surface area (Å²) in [5, 5.41) is 2.87. The van der Waals surface area contributed by atoms with E-state index >= 15 is 0 Å². The zero-order valence-corrected chi connectivity index (χ0v) is 15.2. The van der Waals surface area contributed by atoms with Gasteiger partial charge in [-0.15, -0.1) is 0 Å². The van der Waals surface area contributed by atoms with Crippen LogP contribution in [0.2, 0.25) is 0 Å². The van der Waals surface area contributed by atoms with Gasteiger partial charge in [0, 0.05) is 28.0 Å². The second-order valence-corrected chi connectivity index (χ2v) is 8.42. The Balaban J connectivity index is 1.83. The van der Waals surface area contributed by atoms with E-state index < -0.39 is 10.0 Å². The quantitative estimate of drug-likeness (QED) is 0.641. The summed E-state index contributed by atoms with van der Waals surface area (Å²) < 4.78 is 28.1. The number of amides is 1. The van der Waals surface area contributed by atoms with Crippen molar-refractivity contribution in [3.8, 4) is 0 Å². The average Bonchev–Trinajstić information content (AvgIpc) is 3.21. The highest BCUT2D eigenvalue weighted by atomic mass is 79.9. The zero-order chi connectivity index (χ0) is 15.5. The summed E-state index contributed by atoms with van der Waals surface area (Å²) in [4.78, 5) is 11.7. The van der Waals surface area contributed by atoms with Gasteiger partial charge in [-0.1, -0.05) is 15.9 Å². The lowest BCUT2D eigenvalue weighted by atomic mass is 10.3. The van der Waals surface area contributed by atoms with Gasteiger partial charge in [-0.25, -0.2) is 13.1 Å². The zero-order valence-electron chi connectivity index (χ0n) is 11.2. The highest BCUT2D eigenvalue weighted by Crippen LogP contribution is 2.25. The molecule has 2 N–H and O–H groups in total. The predicted molar refractivity (Wildman–Crippen MR) is 87.4 cm³/mol. The molecule has 0 atom stereocenters. The maximum atomic E-state index is 12.2. The van der Waals surface area contributed by atoms with Crippen molar-refractivity contribution in [1.82, 2.24) is 10.0 Å². The van der Waals surface area contributed by atoms with E-state index in [9.17, 15) is 13.2 Å². The largest absolute Gasteiger partial charge is 0.353 e. The van der Waals surface area contributed by atoms with Crippen molar-refractivity contribution in [2.75, 3.05) is 6.54 Å². The fraction of sp³-hybridized carbons (Fsp3) is 0.462. The molecule has 1 aliphatic carbocycles. The first-order chi connectivity index (χ1) is 9.88. The van der Waals surface area contributed by atoms with Crippen molar-refractivity contribution < 1.29 is 13.2 Å². The third-order valence-electron chi connectivity index (χ3n) is 3.00. The van der Waals surface area contributed by atoms with Crippen molar-refractivity contribution in [2.45, 2.75) is 36.6 Å². The van der Waals surface area contributed by atoms with E-state index in [2.05, 4.69) is 41.9 Å². The molecule has 21 heavy (non-hydrogen) atoms. The Morgan fingerprint density at radius 3 is 2.67 bits per heavy atom. The lowest BCUT2D eigenvalue weighted by Gasteiger charge is -2.09. The maximum Gasteiger partial charge on any atom is 0.241 e. The van der Waals surface area contributed by atoms with E-state index in [1.54, 1.807) is 12.1 Å². The monoisotopic (exact) mass is 438 g/mol. The van der Waals surface area contributed by atoms with Crippen LogP contribution in [0, 0.1) is 0 Å². The molecule has 0 unspecified atom stereocenters. The van der Waals surface area contributed by atoms with Crippen LogP contribution >= 0.6 is 31.9 Å². The van der Waals surface area contributed by atoms with E-state index in [0.717, 1.165) is 12.8 Å². The van der Waals surface area contributed by atoms with Crippen LogP contribution in [0.15, 0.2) is 32.0 Å². The lowest BCUT2D eigenvalue weighted by molar-refractivity contribution is -0.121. The van der Waals surface area contributed by atoms with Crippen LogP contribution in [0.3, 0.4) is 0 Å². The van der Waals surface area contributed by atoms with Crippen LogP contribution < -0.4 is 10.0 Å². The Kier molecular flexibility index (Phi) is 5.81. The molecule has 1 fully saturated rings. The summed E-state index contributed by atoms with van der Waals surface area (Å²) in [5.74, 6) is -0.0136. The van der Waals surface area contributed by atoms with Crippen LogP contribution in [0.25, 0.3) is 0 Å². The smallest absolute Gasteiger partial charge is 0.241 e. The van der Waals surface area contributed by atoms with Crippen molar-refractivity contribution in [1.29, 1.82) is 0 Å². The van der Waals surface area contributed by atoms with Gasteiger partial charge in [-0.3, -0.25) is 4.79 Å². The van der Waals surface area contributed by atoms with Crippen LogP contribution in [0.4, 0.5) is 0 Å². The molecule has 0 aromatic heterocycles. The maximum absolute atomic E-state index is 12.2. The van der Waals surface area contributed by atoms with Crippen molar-refractivity contribution in [3.63, 3.8) is 0 Å². The SMILES string of the molecule is O=C(CCCNS(=O)(=O)c1cc(Br)ccc1Br)NC1CC1. The highest BCUT2D eigenvalue weighted by molar-refractivity contribution is 9.11. The molecule has 1 aromatic rings. The van der Waals surface area contributed by atoms with E-state index in [-0.39, 0.29) is 17.3 Å². The number of hydrogen-bond donors (Lipinski definition) is 2. The van der Waals surface area contributed by atoms with E-state index in [1.807, 2.05) is 0 Å². The summed E-state index contributed by atoms with van der Waals surface area (Å²) in [7, 11) is -3.58. The van der Waals surface area contributed by atoms with E-state index in [1.165, 1.54) is 6.07 Å². The van der Waals surface area contributed by atoms with Gasteiger partial charge in [-0.05, 0) is 53.4 Å². The molecule has 0 bridgehead atoms. The Hall–Kier alpha value is -0.440. The molecule has 0 radical (unpaired) electrons. The van der Waals surface area contributed by atoms with Gasteiger partial charge in [-0.2, -0.15) is 0 Å². The van der Waals surface area contributed by atoms with Gasteiger partial charge in [0.1, 0.15) is 0 Å². The molecule has 116 valence electrons. The van der Waals surface area contributed by atoms with Gasteiger partial charge in [0.15, 0.2) is 0 Å². The van der Waals surface area contributed by atoms with E-state index in [0.29, 0.717) is 27.8 Å². The van der Waals surface area contributed by atoms with Crippen molar-refractivity contribution >= 4 is 47.8 Å². The second kappa shape index (κ2) is 7.21. The molecule has 0 saturated heterocycles. The summed E-state index contributed by atoms with van der Waals surface area (Å²) in [6.45, 7) is 0.235. The second-order valence-electron chi connectivity index (χ2n) is 4.92. The molecule has 2 rings (SSSR count). The summed E-state index contributed by atoms with van der Waals surface area (Å²) in [6, 6.07) is 5.30. The topological polar surface area (TPSA) is 75.3 Å². The molecule has 1 amide bonds. The fourth-order valence-corrected chi connectivity index (χ4v) is 4.32. The van der Waals surface area contributed by atoms with Gasteiger partial charge in [0.2, 0.25) is 15.9 Å². The Bertz CT molecular complexity index is 630. The van der Waals surface area contributed by atoms with E-state index in [4.69, 9.17) is 0 Å². The molecule has 8 heteroatoms. The molecule has 1 aliphatic rings. The van der Waals surface area contributed by atoms with Crippen LogP contribution in [-0.4, -0.2) is 26.9 Å². The molecule has 0 heterocycles. The first-order valence-corrected chi connectivity index (χ1v) is 9.69. The van der Waals surface area contributed by atoms with Gasteiger partial charge >= 0.3 is 0 Å². The Morgan fingerprint density at radius 1 is 1.29 bits per heavy atom. The van der Waals surface area contributed by atoms with Crippen molar-refractivity contribution in [3.05, 3.63) is 27.1 Å². The van der Waals surface area contributed by atoms with Gasteiger partial charge in [0.05, 0.1) is 4.90 Å². The number of rotatable bonds is 7. The average molecular weight is 440 g/mol. The summed E-state index contributed by atoms with van der Waals surface area (Å²) in [5.41, 5.74) is 0. The molecular formula is C13H16Br2N2O3S.